The Morgan fingerprint density at radius 3 is 2.35 bits per heavy atom. The number of aliphatic hydroxyl groups excluding tert-OH is 1. The summed E-state index contributed by atoms with van der Waals surface area (Å²) in [5, 5.41) is 19.1. The number of aliphatic hydroxyl groups is 1. The summed E-state index contributed by atoms with van der Waals surface area (Å²) >= 11 is 0. The van der Waals surface area contributed by atoms with Crippen molar-refractivity contribution >= 4 is 5.97 Å². The summed E-state index contributed by atoms with van der Waals surface area (Å²) in [5.74, 6) is -2.50. The Morgan fingerprint density at radius 2 is 1.94 bits per heavy atom. The molecule has 0 amide bonds. The number of hydrogen-bond acceptors (Lipinski definition) is 2. The van der Waals surface area contributed by atoms with Gasteiger partial charge in [-0.1, -0.05) is 26.0 Å². The fraction of sp³-hybridized carbons (Fsp3) is 0.462. The molecule has 0 spiro atoms. The number of carboxylic acid groups (broad SMARTS) is 1. The van der Waals surface area contributed by atoms with E-state index < -0.39 is 18.0 Å². The largest absolute Gasteiger partial charge is 0.481 e. The lowest BCUT2D eigenvalue weighted by Gasteiger charge is -2.23. The molecule has 0 aromatic heterocycles. The van der Waals surface area contributed by atoms with Crippen molar-refractivity contribution in [1.29, 1.82) is 0 Å². The Balaban J connectivity index is 3.05. The number of carbonyl (C=O) groups is 1. The van der Waals surface area contributed by atoms with Gasteiger partial charge in [0.1, 0.15) is 5.82 Å². The highest BCUT2D eigenvalue weighted by Crippen LogP contribution is 2.29. The van der Waals surface area contributed by atoms with E-state index in [1.807, 2.05) is 0 Å². The van der Waals surface area contributed by atoms with Crippen LogP contribution >= 0.6 is 0 Å². The van der Waals surface area contributed by atoms with E-state index in [2.05, 4.69) is 0 Å². The molecule has 3 nitrogen and oxygen atoms in total. The maximum Gasteiger partial charge on any atom is 0.309 e. The van der Waals surface area contributed by atoms with Crippen LogP contribution in [0.4, 0.5) is 4.39 Å². The zero-order valence-corrected chi connectivity index (χ0v) is 10.1. The molecular weight excluding hydrogens is 223 g/mol. The summed E-state index contributed by atoms with van der Waals surface area (Å²) in [6.07, 6.45) is -1.12. The topological polar surface area (TPSA) is 57.5 Å². The minimum absolute atomic E-state index is 0.201. The quantitative estimate of drug-likeness (QED) is 0.850. The Kier molecular flexibility index (Phi) is 4.23. The Morgan fingerprint density at radius 1 is 1.35 bits per heavy atom. The van der Waals surface area contributed by atoms with Gasteiger partial charge in [-0.15, -0.1) is 0 Å². The molecule has 1 aromatic rings. The van der Waals surface area contributed by atoms with Crippen LogP contribution in [-0.4, -0.2) is 16.2 Å². The van der Waals surface area contributed by atoms with Crippen molar-refractivity contribution < 1.29 is 19.4 Å². The smallest absolute Gasteiger partial charge is 0.309 e. The van der Waals surface area contributed by atoms with Crippen LogP contribution in [0.5, 0.6) is 0 Å². The van der Waals surface area contributed by atoms with Crippen LogP contribution in [0.2, 0.25) is 0 Å². The Bertz CT molecular complexity index is 415. The predicted octanol–water partition coefficient (Wildman–Crippen LogP) is 2.52. The van der Waals surface area contributed by atoms with Crippen molar-refractivity contribution in [3.63, 3.8) is 0 Å². The van der Waals surface area contributed by atoms with Gasteiger partial charge in [0, 0.05) is 0 Å². The highest BCUT2D eigenvalue weighted by Gasteiger charge is 2.30. The van der Waals surface area contributed by atoms with E-state index in [-0.39, 0.29) is 11.7 Å². The maximum absolute atomic E-state index is 13.1. The average molecular weight is 240 g/mol. The first kappa shape index (κ1) is 13.6. The molecule has 0 saturated carbocycles. The van der Waals surface area contributed by atoms with Crippen LogP contribution < -0.4 is 0 Å². The second-order valence-electron chi connectivity index (χ2n) is 4.56. The van der Waals surface area contributed by atoms with Crippen LogP contribution in [0, 0.1) is 24.6 Å². The summed E-state index contributed by atoms with van der Waals surface area (Å²) in [7, 11) is 0. The predicted molar refractivity (Wildman–Crippen MR) is 62.1 cm³/mol. The van der Waals surface area contributed by atoms with Gasteiger partial charge in [-0.2, -0.15) is 0 Å². The molecule has 2 unspecified atom stereocenters. The fourth-order valence-corrected chi connectivity index (χ4v) is 1.84. The van der Waals surface area contributed by atoms with Crippen LogP contribution in [0.3, 0.4) is 0 Å². The van der Waals surface area contributed by atoms with Crippen molar-refractivity contribution in [2.45, 2.75) is 26.9 Å². The lowest BCUT2D eigenvalue weighted by atomic mass is 9.86. The molecule has 0 aliphatic rings. The molecule has 1 aromatic carbocycles. The minimum atomic E-state index is -1.12. The SMILES string of the molecule is Cc1cc(C(O)C(C(=O)O)C(C)C)ccc1F. The van der Waals surface area contributed by atoms with Crippen LogP contribution in [0.25, 0.3) is 0 Å². The molecule has 0 aliphatic carbocycles. The molecule has 0 fully saturated rings. The first-order chi connectivity index (χ1) is 7.84. The summed E-state index contributed by atoms with van der Waals surface area (Å²) in [5.41, 5.74) is 0.833. The summed E-state index contributed by atoms with van der Waals surface area (Å²) in [6, 6.07) is 4.15. The first-order valence-corrected chi connectivity index (χ1v) is 5.51. The number of halogens is 1. The summed E-state index contributed by atoms with van der Waals surface area (Å²) < 4.78 is 13.1. The van der Waals surface area contributed by atoms with Crippen molar-refractivity contribution in [3.8, 4) is 0 Å². The van der Waals surface area contributed by atoms with Crippen LogP contribution in [0.15, 0.2) is 18.2 Å². The number of aryl methyl sites for hydroxylation is 1. The van der Waals surface area contributed by atoms with E-state index >= 15 is 0 Å². The third kappa shape index (κ3) is 3.03. The monoisotopic (exact) mass is 240 g/mol. The number of rotatable bonds is 4. The summed E-state index contributed by atoms with van der Waals surface area (Å²) in [4.78, 5) is 11.1. The number of benzene rings is 1. The second kappa shape index (κ2) is 5.27. The molecule has 0 aliphatic heterocycles. The lowest BCUT2D eigenvalue weighted by molar-refractivity contribution is -0.148. The van der Waals surface area contributed by atoms with Crippen LogP contribution in [-0.2, 0) is 4.79 Å². The molecule has 94 valence electrons. The van der Waals surface area contributed by atoms with E-state index in [0.29, 0.717) is 11.1 Å². The van der Waals surface area contributed by atoms with Gasteiger partial charge < -0.3 is 10.2 Å². The number of hydrogen-bond donors (Lipinski definition) is 2. The molecule has 0 bridgehead atoms. The Labute approximate surface area is 99.9 Å². The van der Waals surface area contributed by atoms with Gasteiger partial charge in [0.15, 0.2) is 0 Å². The third-order valence-corrected chi connectivity index (χ3v) is 2.87. The van der Waals surface area contributed by atoms with E-state index in [0.717, 1.165) is 0 Å². The number of carboxylic acids is 1. The van der Waals surface area contributed by atoms with Crippen LogP contribution in [0.1, 0.15) is 31.1 Å². The van der Waals surface area contributed by atoms with E-state index in [4.69, 9.17) is 5.11 Å². The van der Waals surface area contributed by atoms with Gasteiger partial charge >= 0.3 is 5.97 Å². The van der Waals surface area contributed by atoms with E-state index in [9.17, 15) is 14.3 Å². The van der Waals surface area contributed by atoms with Gasteiger partial charge in [-0.05, 0) is 30.0 Å². The number of aliphatic carboxylic acids is 1. The zero-order valence-electron chi connectivity index (χ0n) is 10.1. The van der Waals surface area contributed by atoms with Gasteiger partial charge in [0.25, 0.3) is 0 Å². The third-order valence-electron chi connectivity index (χ3n) is 2.87. The van der Waals surface area contributed by atoms with Gasteiger partial charge in [0.05, 0.1) is 12.0 Å². The van der Waals surface area contributed by atoms with Gasteiger partial charge in [0.2, 0.25) is 0 Å². The molecule has 17 heavy (non-hydrogen) atoms. The standard InChI is InChI=1S/C13H17FO3/c1-7(2)11(13(16)17)12(15)9-4-5-10(14)8(3)6-9/h4-7,11-12,15H,1-3H3,(H,16,17). The Hall–Kier alpha value is -1.42. The normalized spacial score (nSPS) is 14.7. The first-order valence-electron chi connectivity index (χ1n) is 5.51. The highest BCUT2D eigenvalue weighted by atomic mass is 19.1. The molecule has 0 heterocycles. The molecular formula is C13H17FO3. The van der Waals surface area contributed by atoms with Gasteiger partial charge in [-0.3, -0.25) is 4.79 Å². The fourth-order valence-electron chi connectivity index (χ4n) is 1.84. The van der Waals surface area contributed by atoms with E-state index in [1.54, 1.807) is 20.8 Å². The van der Waals surface area contributed by atoms with Crippen molar-refractivity contribution in [1.82, 2.24) is 0 Å². The molecule has 0 saturated heterocycles. The van der Waals surface area contributed by atoms with Crippen molar-refractivity contribution in [2.24, 2.45) is 11.8 Å². The molecule has 4 heteroatoms. The highest BCUT2D eigenvalue weighted by molar-refractivity contribution is 5.71. The molecule has 0 radical (unpaired) electrons. The molecule has 1 rings (SSSR count). The maximum atomic E-state index is 13.1. The second-order valence-corrected chi connectivity index (χ2v) is 4.56. The lowest BCUT2D eigenvalue weighted by Crippen LogP contribution is -2.27. The van der Waals surface area contributed by atoms with Crippen molar-refractivity contribution in [3.05, 3.63) is 35.1 Å². The zero-order chi connectivity index (χ0) is 13.2. The minimum Gasteiger partial charge on any atom is -0.481 e. The van der Waals surface area contributed by atoms with Gasteiger partial charge in [-0.25, -0.2) is 4.39 Å². The summed E-state index contributed by atoms with van der Waals surface area (Å²) in [6.45, 7) is 5.05. The van der Waals surface area contributed by atoms with Crippen molar-refractivity contribution in [2.75, 3.05) is 0 Å². The molecule has 2 N–H and O–H groups in total. The molecule has 2 atom stereocenters. The van der Waals surface area contributed by atoms with E-state index in [1.165, 1.54) is 18.2 Å². The average Bonchev–Trinajstić information content (AvgIpc) is 2.20.